The minimum Gasteiger partial charge on any atom is -0.393 e. The molecule has 0 aromatic rings. The highest BCUT2D eigenvalue weighted by molar-refractivity contribution is 5.19. The molecule has 0 aromatic carbocycles. The van der Waals surface area contributed by atoms with Crippen LogP contribution < -0.4 is 0 Å². The van der Waals surface area contributed by atoms with Crippen molar-refractivity contribution in [2.45, 2.75) is 45.1 Å². The number of hydrogen-bond donors (Lipinski definition) is 1. The van der Waals surface area contributed by atoms with Crippen LogP contribution in [-0.4, -0.2) is 11.2 Å². The maximum atomic E-state index is 8.99. The van der Waals surface area contributed by atoms with Gasteiger partial charge in [-0.25, -0.2) is 0 Å². The van der Waals surface area contributed by atoms with Crippen LogP contribution in [0.4, 0.5) is 0 Å². The molecule has 13 heavy (non-hydrogen) atoms. The Morgan fingerprint density at radius 1 is 1.62 bits per heavy atom. The first-order chi connectivity index (χ1) is 6.29. The maximum absolute atomic E-state index is 8.99. The maximum Gasteiger partial charge on any atom is 0.0552 e. The van der Waals surface area contributed by atoms with Crippen LogP contribution in [-0.2, 0) is 0 Å². The van der Waals surface area contributed by atoms with Crippen molar-refractivity contribution in [2.24, 2.45) is 0 Å². The molecule has 0 aliphatic heterocycles. The molecule has 0 saturated heterocycles. The Morgan fingerprint density at radius 2 is 2.46 bits per heavy atom. The molecule has 0 bridgehead atoms. The summed E-state index contributed by atoms with van der Waals surface area (Å²) in [5, 5.41) is 8.99. The molecule has 1 aliphatic carbocycles. The summed E-state index contributed by atoms with van der Waals surface area (Å²) in [6, 6.07) is 0. The van der Waals surface area contributed by atoms with Crippen LogP contribution in [0.5, 0.6) is 0 Å². The molecule has 1 rings (SSSR count). The van der Waals surface area contributed by atoms with Gasteiger partial charge in [0.1, 0.15) is 0 Å². The summed E-state index contributed by atoms with van der Waals surface area (Å²) in [6.07, 6.45) is 11.7. The van der Waals surface area contributed by atoms with E-state index in [1.807, 2.05) is 12.2 Å². The van der Waals surface area contributed by atoms with Crippen LogP contribution in [0.3, 0.4) is 0 Å². The summed E-state index contributed by atoms with van der Waals surface area (Å²) in [4.78, 5) is 0. The number of rotatable bonds is 3. The van der Waals surface area contributed by atoms with E-state index in [-0.39, 0.29) is 6.10 Å². The normalized spacial score (nSPS) is 18.5. The van der Waals surface area contributed by atoms with Gasteiger partial charge < -0.3 is 5.11 Å². The third kappa shape index (κ3) is 4.72. The van der Waals surface area contributed by atoms with Crippen molar-refractivity contribution in [3.63, 3.8) is 0 Å². The largest absolute Gasteiger partial charge is 0.393 e. The van der Waals surface area contributed by atoms with Crippen molar-refractivity contribution < 1.29 is 5.11 Å². The molecular weight excluding hydrogens is 160 g/mol. The Morgan fingerprint density at radius 3 is 3.08 bits per heavy atom. The molecule has 1 unspecified atom stereocenters. The average Bonchev–Trinajstić information content (AvgIpc) is 2.14. The molecule has 1 atom stereocenters. The first-order valence-corrected chi connectivity index (χ1v) is 5.07. The third-order valence-electron chi connectivity index (χ3n) is 2.17. The van der Waals surface area contributed by atoms with Gasteiger partial charge >= 0.3 is 0 Å². The summed E-state index contributed by atoms with van der Waals surface area (Å²) in [5.74, 6) is 0. The van der Waals surface area contributed by atoms with Crippen molar-refractivity contribution in [1.82, 2.24) is 0 Å². The predicted molar refractivity (Wildman–Crippen MR) is 55.5 cm³/mol. The fraction of sp³-hybridized carbons (Fsp3) is 0.583. The quantitative estimate of drug-likeness (QED) is 0.659. The highest BCUT2D eigenvalue weighted by Gasteiger charge is 1.98. The van der Waals surface area contributed by atoms with E-state index in [9.17, 15) is 0 Å². The van der Waals surface area contributed by atoms with Crippen molar-refractivity contribution in [3.8, 4) is 0 Å². The fourth-order valence-electron chi connectivity index (χ4n) is 1.40. The van der Waals surface area contributed by atoms with E-state index in [4.69, 9.17) is 5.11 Å². The Bertz CT molecular complexity index is 230. The van der Waals surface area contributed by atoms with Gasteiger partial charge in [-0.2, -0.15) is 0 Å². The van der Waals surface area contributed by atoms with E-state index in [0.29, 0.717) is 6.42 Å². The molecule has 0 fully saturated rings. The van der Waals surface area contributed by atoms with Crippen molar-refractivity contribution >= 4 is 0 Å². The van der Waals surface area contributed by atoms with Gasteiger partial charge in [0.05, 0.1) is 6.10 Å². The van der Waals surface area contributed by atoms with Crippen LogP contribution in [0.1, 0.15) is 39.0 Å². The van der Waals surface area contributed by atoms with Gasteiger partial charge in [0.15, 0.2) is 0 Å². The van der Waals surface area contributed by atoms with Gasteiger partial charge in [-0.05, 0) is 56.8 Å². The Kier molecular flexibility index (Phi) is 4.59. The standard InChI is InChI=1S/C12H18O/c1-11(13)7-5-6-10-12-8-3-2-4-9-12/h5,8,10-11,13H,2-4,7,9H2,1H3. The Balaban J connectivity index is 2.37. The van der Waals surface area contributed by atoms with E-state index in [0.717, 1.165) is 0 Å². The predicted octanol–water partition coefficient (Wildman–Crippen LogP) is 2.97. The summed E-state index contributed by atoms with van der Waals surface area (Å²) < 4.78 is 0. The van der Waals surface area contributed by atoms with Crippen LogP contribution >= 0.6 is 0 Å². The second kappa shape index (κ2) is 5.80. The van der Waals surface area contributed by atoms with Gasteiger partial charge in [0, 0.05) is 0 Å². The van der Waals surface area contributed by atoms with Crippen LogP contribution in [0.2, 0.25) is 0 Å². The van der Waals surface area contributed by atoms with E-state index < -0.39 is 0 Å². The number of hydrogen-bond acceptors (Lipinski definition) is 1. The zero-order valence-corrected chi connectivity index (χ0v) is 8.29. The third-order valence-corrected chi connectivity index (χ3v) is 2.17. The average molecular weight is 178 g/mol. The molecule has 0 heterocycles. The first-order valence-electron chi connectivity index (χ1n) is 5.07. The van der Waals surface area contributed by atoms with Gasteiger partial charge in [-0.15, -0.1) is 5.73 Å². The van der Waals surface area contributed by atoms with E-state index >= 15 is 0 Å². The molecule has 0 aromatic heterocycles. The second-order valence-electron chi connectivity index (χ2n) is 3.62. The molecule has 72 valence electrons. The minimum atomic E-state index is -0.249. The van der Waals surface area contributed by atoms with E-state index in [1.165, 1.54) is 31.3 Å². The molecule has 0 saturated carbocycles. The highest BCUT2D eigenvalue weighted by Crippen LogP contribution is 2.17. The summed E-state index contributed by atoms with van der Waals surface area (Å²) in [5.41, 5.74) is 4.50. The lowest BCUT2D eigenvalue weighted by Gasteiger charge is -2.06. The van der Waals surface area contributed by atoms with Gasteiger partial charge in [-0.1, -0.05) is 6.08 Å². The molecule has 0 amide bonds. The minimum absolute atomic E-state index is 0.249. The lowest BCUT2D eigenvalue weighted by atomic mass is 10.00. The SMILES string of the molecule is CC(O)CC=C=CC1=CCCCC1. The Hall–Kier alpha value is -0.780. The van der Waals surface area contributed by atoms with Crippen molar-refractivity contribution in [1.29, 1.82) is 0 Å². The fourth-order valence-corrected chi connectivity index (χ4v) is 1.40. The lowest BCUT2D eigenvalue weighted by molar-refractivity contribution is 0.198. The van der Waals surface area contributed by atoms with Crippen LogP contribution in [0, 0.1) is 0 Å². The summed E-state index contributed by atoms with van der Waals surface area (Å²) in [6.45, 7) is 1.79. The molecular formula is C12H18O. The van der Waals surface area contributed by atoms with Gasteiger partial charge in [-0.3, -0.25) is 0 Å². The lowest BCUT2D eigenvalue weighted by Crippen LogP contribution is -1.94. The van der Waals surface area contributed by atoms with E-state index in [2.05, 4.69) is 11.8 Å². The van der Waals surface area contributed by atoms with E-state index in [1.54, 1.807) is 6.92 Å². The molecule has 0 spiro atoms. The number of aliphatic hydroxyl groups excluding tert-OH is 1. The summed E-state index contributed by atoms with van der Waals surface area (Å²) in [7, 11) is 0. The van der Waals surface area contributed by atoms with Crippen LogP contribution in [0.25, 0.3) is 0 Å². The smallest absolute Gasteiger partial charge is 0.0552 e. The molecule has 1 nitrogen and oxygen atoms in total. The molecule has 1 heteroatoms. The molecule has 1 N–H and O–H groups in total. The number of allylic oxidation sites excluding steroid dienone is 2. The number of aliphatic hydroxyl groups is 1. The topological polar surface area (TPSA) is 20.2 Å². The molecule has 0 radical (unpaired) electrons. The van der Waals surface area contributed by atoms with Gasteiger partial charge in [0.25, 0.3) is 0 Å². The van der Waals surface area contributed by atoms with Crippen LogP contribution in [0.15, 0.2) is 29.5 Å². The zero-order chi connectivity index (χ0) is 9.52. The highest BCUT2D eigenvalue weighted by atomic mass is 16.3. The molecule has 1 aliphatic rings. The Labute approximate surface area is 80.5 Å². The first kappa shape index (κ1) is 10.3. The van der Waals surface area contributed by atoms with Crippen molar-refractivity contribution in [2.75, 3.05) is 0 Å². The second-order valence-corrected chi connectivity index (χ2v) is 3.62. The monoisotopic (exact) mass is 178 g/mol. The zero-order valence-electron chi connectivity index (χ0n) is 8.29. The van der Waals surface area contributed by atoms with Gasteiger partial charge in [0.2, 0.25) is 0 Å². The summed E-state index contributed by atoms with van der Waals surface area (Å²) >= 11 is 0. The van der Waals surface area contributed by atoms with Crippen molar-refractivity contribution in [3.05, 3.63) is 29.5 Å².